The van der Waals surface area contributed by atoms with E-state index in [-0.39, 0.29) is 0 Å². The molecule has 0 saturated heterocycles. The van der Waals surface area contributed by atoms with Gasteiger partial charge in [-0.2, -0.15) is 0 Å². The summed E-state index contributed by atoms with van der Waals surface area (Å²) in [5, 5.41) is 4.05. The zero-order chi connectivity index (χ0) is 11.5. The van der Waals surface area contributed by atoms with Crippen molar-refractivity contribution >= 4 is 22.9 Å². The van der Waals surface area contributed by atoms with Gasteiger partial charge in [0.25, 0.3) is 0 Å². The molecule has 2 aromatic rings. The smallest absolute Gasteiger partial charge is 0.0492 e. The predicted molar refractivity (Wildman–Crippen MR) is 72.2 cm³/mol. The van der Waals surface area contributed by atoms with Crippen LogP contribution in [-0.2, 0) is 0 Å². The van der Waals surface area contributed by atoms with Crippen LogP contribution in [-0.4, -0.2) is 7.05 Å². The van der Waals surface area contributed by atoms with E-state index in [2.05, 4.69) is 30.4 Å². The molecule has 0 bridgehead atoms. The molecule has 1 aromatic carbocycles. The van der Waals surface area contributed by atoms with E-state index in [1.807, 2.05) is 25.2 Å². The Morgan fingerprint density at radius 1 is 1.19 bits per heavy atom. The van der Waals surface area contributed by atoms with E-state index >= 15 is 0 Å². The summed E-state index contributed by atoms with van der Waals surface area (Å²) in [4.78, 5) is 2.56. The van der Waals surface area contributed by atoms with Crippen molar-refractivity contribution in [3.8, 4) is 10.4 Å². The van der Waals surface area contributed by atoms with Crippen molar-refractivity contribution in [3.63, 3.8) is 0 Å². The second-order valence-corrected chi connectivity index (χ2v) is 5.21. The molecule has 0 amide bonds. The number of hydrogen-bond donors (Lipinski definition) is 1. The van der Waals surface area contributed by atoms with E-state index in [1.165, 1.54) is 9.75 Å². The Balaban J connectivity index is 2.35. The van der Waals surface area contributed by atoms with Gasteiger partial charge in [-0.05, 0) is 32.2 Å². The number of thiophene rings is 1. The van der Waals surface area contributed by atoms with Crippen LogP contribution >= 0.6 is 22.9 Å². The summed E-state index contributed by atoms with van der Waals surface area (Å²) >= 11 is 7.96. The minimum absolute atomic E-state index is 0.390. The van der Waals surface area contributed by atoms with Crippen LogP contribution in [0, 0.1) is 0 Å². The second-order valence-electron chi connectivity index (χ2n) is 3.69. The van der Waals surface area contributed by atoms with Crippen molar-refractivity contribution in [3.05, 3.63) is 46.3 Å². The Bertz CT molecular complexity index is 478. The van der Waals surface area contributed by atoms with Gasteiger partial charge in [0.1, 0.15) is 0 Å². The molecule has 0 aliphatic heterocycles. The lowest BCUT2D eigenvalue weighted by atomic mass is 10.2. The van der Waals surface area contributed by atoms with Crippen LogP contribution < -0.4 is 5.32 Å². The van der Waals surface area contributed by atoms with Crippen molar-refractivity contribution < 1.29 is 0 Å². The van der Waals surface area contributed by atoms with Gasteiger partial charge in [-0.25, -0.2) is 0 Å². The molecule has 1 unspecified atom stereocenters. The molecule has 1 atom stereocenters. The molecule has 1 heterocycles. The zero-order valence-electron chi connectivity index (χ0n) is 9.33. The Labute approximate surface area is 105 Å². The lowest BCUT2D eigenvalue weighted by Crippen LogP contribution is -2.10. The van der Waals surface area contributed by atoms with Crippen molar-refractivity contribution in [2.75, 3.05) is 7.05 Å². The van der Waals surface area contributed by atoms with E-state index in [0.29, 0.717) is 6.04 Å². The molecule has 16 heavy (non-hydrogen) atoms. The number of rotatable bonds is 3. The summed E-state index contributed by atoms with van der Waals surface area (Å²) in [6.45, 7) is 2.15. The molecule has 0 radical (unpaired) electrons. The second kappa shape index (κ2) is 5.00. The highest BCUT2D eigenvalue weighted by Crippen LogP contribution is 2.34. The van der Waals surface area contributed by atoms with Gasteiger partial charge in [0, 0.05) is 26.4 Å². The monoisotopic (exact) mass is 251 g/mol. The minimum Gasteiger partial charge on any atom is -0.313 e. The maximum Gasteiger partial charge on any atom is 0.0492 e. The van der Waals surface area contributed by atoms with Crippen molar-refractivity contribution in [1.82, 2.24) is 5.32 Å². The highest BCUT2D eigenvalue weighted by Gasteiger charge is 2.09. The number of hydrogen-bond acceptors (Lipinski definition) is 2. The van der Waals surface area contributed by atoms with E-state index in [1.54, 1.807) is 11.3 Å². The average Bonchev–Trinajstić information content (AvgIpc) is 2.78. The first-order valence-electron chi connectivity index (χ1n) is 5.24. The van der Waals surface area contributed by atoms with E-state index in [9.17, 15) is 0 Å². The molecule has 1 nitrogen and oxygen atoms in total. The third-order valence-corrected chi connectivity index (χ3v) is 4.26. The number of nitrogens with one attached hydrogen (secondary N) is 1. The quantitative estimate of drug-likeness (QED) is 0.855. The highest BCUT2D eigenvalue weighted by molar-refractivity contribution is 7.15. The Kier molecular flexibility index (Phi) is 3.64. The molecular weight excluding hydrogens is 238 g/mol. The van der Waals surface area contributed by atoms with Gasteiger partial charge in [0.2, 0.25) is 0 Å². The van der Waals surface area contributed by atoms with Crippen LogP contribution in [0.15, 0.2) is 36.4 Å². The molecule has 3 heteroatoms. The fourth-order valence-corrected chi connectivity index (χ4v) is 2.94. The standard InChI is InChI=1S/C13H14ClNS/c1-9(15-2)12-7-8-13(16-12)10-5-3-4-6-11(10)14/h3-9,15H,1-2H3. The molecule has 0 saturated carbocycles. The van der Waals surface area contributed by atoms with Gasteiger partial charge in [-0.1, -0.05) is 29.8 Å². The van der Waals surface area contributed by atoms with Crippen LogP contribution in [0.3, 0.4) is 0 Å². The molecule has 84 valence electrons. The first kappa shape index (κ1) is 11.6. The highest BCUT2D eigenvalue weighted by atomic mass is 35.5. The molecular formula is C13H14ClNS. The molecule has 0 spiro atoms. The largest absolute Gasteiger partial charge is 0.313 e. The summed E-state index contributed by atoms with van der Waals surface area (Å²) in [5.74, 6) is 0. The van der Waals surface area contributed by atoms with Crippen molar-refractivity contribution in [2.45, 2.75) is 13.0 Å². The van der Waals surface area contributed by atoms with Crippen LogP contribution in [0.25, 0.3) is 10.4 Å². The van der Waals surface area contributed by atoms with Crippen LogP contribution in [0.4, 0.5) is 0 Å². The van der Waals surface area contributed by atoms with E-state index < -0.39 is 0 Å². The fourth-order valence-electron chi connectivity index (χ4n) is 1.53. The number of benzene rings is 1. The molecule has 2 rings (SSSR count). The van der Waals surface area contributed by atoms with Gasteiger partial charge in [-0.3, -0.25) is 0 Å². The first-order chi connectivity index (χ1) is 7.72. The Hall–Kier alpha value is -0.830. The van der Waals surface area contributed by atoms with Crippen LogP contribution in [0.5, 0.6) is 0 Å². The van der Waals surface area contributed by atoms with Gasteiger partial charge < -0.3 is 5.32 Å². The maximum absolute atomic E-state index is 6.17. The third-order valence-electron chi connectivity index (χ3n) is 2.63. The third kappa shape index (κ3) is 2.29. The first-order valence-corrected chi connectivity index (χ1v) is 6.43. The molecule has 1 N–H and O–H groups in total. The normalized spacial score (nSPS) is 12.7. The molecule has 0 fully saturated rings. The molecule has 0 aliphatic carbocycles. The van der Waals surface area contributed by atoms with E-state index in [4.69, 9.17) is 11.6 Å². The number of halogens is 1. The van der Waals surface area contributed by atoms with E-state index in [0.717, 1.165) is 10.6 Å². The minimum atomic E-state index is 0.390. The molecule has 0 aliphatic rings. The van der Waals surface area contributed by atoms with Gasteiger partial charge in [0.15, 0.2) is 0 Å². The average molecular weight is 252 g/mol. The molecule has 1 aromatic heterocycles. The summed E-state index contributed by atoms with van der Waals surface area (Å²) in [5.41, 5.74) is 1.11. The lowest BCUT2D eigenvalue weighted by molar-refractivity contribution is 0.664. The maximum atomic E-state index is 6.17. The predicted octanol–water partition coefficient (Wildman–Crippen LogP) is 4.35. The summed E-state index contributed by atoms with van der Waals surface area (Å²) in [6.07, 6.45) is 0. The lowest BCUT2D eigenvalue weighted by Gasteiger charge is -2.06. The van der Waals surface area contributed by atoms with Gasteiger partial charge in [-0.15, -0.1) is 11.3 Å². The van der Waals surface area contributed by atoms with Crippen LogP contribution in [0.2, 0.25) is 5.02 Å². The van der Waals surface area contributed by atoms with Crippen molar-refractivity contribution in [1.29, 1.82) is 0 Å². The topological polar surface area (TPSA) is 12.0 Å². The van der Waals surface area contributed by atoms with Crippen molar-refractivity contribution in [2.24, 2.45) is 0 Å². The Morgan fingerprint density at radius 2 is 1.94 bits per heavy atom. The summed E-state index contributed by atoms with van der Waals surface area (Å²) in [7, 11) is 1.97. The van der Waals surface area contributed by atoms with Gasteiger partial charge >= 0.3 is 0 Å². The summed E-state index contributed by atoms with van der Waals surface area (Å²) in [6, 6.07) is 12.6. The fraction of sp³-hybridized carbons (Fsp3) is 0.231. The van der Waals surface area contributed by atoms with Crippen LogP contribution in [0.1, 0.15) is 17.8 Å². The SMILES string of the molecule is CNC(C)c1ccc(-c2ccccc2Cl)s1. The van der Waals surface area contributed by atoms with Gasteiger partial charge in [0.05, 0.1) is 0 Å². The summed E-state index contributed by atoms with van der Waals surface area (Å²) < 4.78 is 0. The zero-order valence-corrected chi connectivity index (χ0v) is 10.9. The Morgan fingerprint density at radius 3 is 2.62 bits per heavy atom.